The second-order valence-electron chi connectivity index (χ2n) is 7.28. The maximum atomic E-state index is 6.14. The van der Waals surface area contributed by atoms with Crippen LogP contribution >= 0.6 is 0 Å². The summed E-state index contributed by atoms with van der Waals surface area (Å²) in [6, 6.07) is 0. The van der Waals surface area contributed by atoms with Gasteiger partial charge in [0.2, 0.25) is 0 Å². The van der Waals surface area contributed by atoms with Crippen LogP contribution in [-0.4, -0.2) is 18.3 Å². The van der Waals surface area contributed by atoms with Gasteiger partial charge in [-0.2, -0.15) is 0 Å². The normalized spacial score (nSPS) is 33.9. The van der Waals surface area contributed by atoms with Gasteiger partial charge in [0.25, 0.3) is 0 Å². The summed E-state index contributed by atoms with van der Waals surface area (Å²) in [5.74, 6) is 0.624. The van der Waals surface area contributed by atoms with Crippen LogP contribution < -0.4 is 0 Å². The molecule has 1 unspecified atom stereocenters. The lowest BCUT2D eigenvalue weighted by Gasteiger charge is -2.32. The zero-order valence-corrected chi connectivity index (χ0v) is 12.3. The molecule has 2 aliphatic rings. The lowest BCUT2D eigenvalue weighted by Crippen LogP contribution is -2.41. The summed E-state index contributed by atoms with van der Waals surface area (Å²) < 4.78 is 12.3. The second kappa shape index (κ2) is 3.61. The molecule has 0 saturated carbocycles. The molecule has 1 aliphatic heterocycles. The molecule has 0 N–H and O–H groups in total. The van der Waals surface area contributed by atoms with Gasteiger partial charge < -0.3 is 9.31 Å². The van der Waals surface area contributed by atoms with Crippen molar-refractivity contribution in [2.24, 2.45) is 11.3 Å². The average Bonchev–Trinajstić information content (AvgIpc) is 2.46. The van der Waals surface area contributed by atoms with E-state index >= 15 is 0 Å². The van der Waals surface area contributed by atoms with Crippen LogP contribution in [0.1, 0.15) is 54.9 Å². The molecule has 96 valence electrons. The molecule has 1 heterocycles. The van der Waals surface area contributed by atoms with Gasteiger partial charge in [-0.05, 0) is 50.9 Å². The monoisotopic (exact) mass is 236 g/mol. The van der Waals surface area contributed by atoms with E-state index in [1.165, 1.54) is 11.9 Å². The molecule has 0 bridgehead atoms. The van der Waals surface area contributed by atoms with Crippen molar-refractivity contribution in [2.75, 3.05) is 0 Å². The van der Waals surface area contributed by atoms with Gasteiger partial charge in [-0.1, -0.05) is 26.8 Å². The van der Waals surface area contributed by atoms with E-state index in [1.807, 2.05) is 0 Å². The molecule has 0 aromatic heterocycles. The first-order valence-corrected chi connectivity index (χ1v) is 6.63. The Balaban J connectivity index is 2.25. The van der Waals surface area contributed by atoms with Crippen LogP contribution in [0.3, 0.4) is 0 Å². The molecule has 0 aromatic carbocycles. The summed E-state index contributed by atoms with van der Waals surface area (Å²) in [6.45, 7) is 15.3. The third kappa shape index (κ3) is 2.08. The van der Waals surface area contributed by atoms with E-state index in [1.54, 1.807) is 0 Å². The molecule has 0 amide bonds. The Labute approximate surface area is 106 Å². The predicted octanol–water partition coefficient (Wildman–Crippen LogP) is 3.61. The number of hydrogen-bond donors (Lipinski definition) is 0. The van der Waals surface area contributed by atoms with E-state index in [0.29, 0.717) is 5.92 Å². The molecule has 2 rings (SSSR count). The Kier molecular flexibility index (Phi) is 2.80. The topological polar surface area (TPSA) is 18.5 Å². The van der Waals surface area contributed by atoms with Gasteiger partial charge in [-0.25, -0.2) is 0 Å². The van der Waals surface area contributed by atoms with E-state index in [0.717, 1.165) is 0 Å². The van der Waals surface area contributed by atoms with Crippen molar-refractivity contribution >= 4 is 7.12 Å². The Bertz CT molecular complexity index is 339. The zero-order chi connectivity index (χ0) is 13.1. The third-order valence-electron chi connectivity index (χ3n) is 4.59. The Morgan fingerprint density at radius 3 is 1.88 bits per heavy atom. The highest BCUT2D eigenvalue weighted by atomic mass is 16.7. The molecule has 1 fully saturated rings. The molecule has 3 heteroatoms. The molecule has 0 aromatic rings. The van der Waals surface area contributed by atoms with Crippen molar-refractivity contribution in [3.05, 3.63) is 11.5 Å². The summed E-state index contributed by atoms with van der Waals surface area (Å²) in [7, 11) is -0.167. The maximum absolute atomic E-state index is 6.14. The number of hydrogen-bond acceptors (Lipinski definition) is 2. The van der Waals surface area contributed by atoms with Crippen LogP contribution in [0.4, 0.5) is 0 Å². The van der Waals surface area contributed by atoms with Crippen molar-refractivity contribution in [1.82, 2.24) is 0 Å². The van der Waals surface area contributed by atoms with Crippen molar-refractivity contribution in [3.8, 4) is 0 Å². The van der Waals surface area contributed by atoms with Crippen LogP contribution in [0.25, 0.3) is 0 Å². The minimum atomic E-state index is -0.236. The summed E-state index contributed by atoms with van der Waals surface area (Å²) >= 11 is 0. The van der Waals surface area contributed by atoms with Gasteiger partial charge >= 0.3 is 7.12 Å². The fourth-order valence-electron chi connectivity index (χ4n) is 2.88. The molecule has 17 heavy (non-hydrogen) atoms. The van der Waals surface area contributed by atoms with Crippen LogP contribution in [0.15, 0.2) is 11.5 Å². The van der Waals surface area contributed by atoms with Crippen LogP contribution in [-0.2, 0) is 9.31 Å². The molecule has 1 aliphatic carbocycles. The third-order valence-corrected chi connectivity index (χ3v) is 4.59. The van der Waals surface area contributed by atoms with Crippen molar-refractivity contribution < 1.29 is 9.31 Å². The fraction of sp³-hybridized carbons (Fsp3) is 0.857. The summed E-state index contributed by atoms with van der Waals surface area (Å²) in [4.78, 5) is 0. The molecular formula is C14H25BO2. The first-order chi connectivity index (χ1) is 7.55. The number of rotatable bonds is 1. The molecule has 0 spiro atoms. The minimum Gasteiger partial charge on any atom is -0.400 e. The molecule has 1 saturated heterocycles. The smallest absolute Gasteiger partial charge is 0.400 e. The largest absolute Gasteiger partial charge is 0.490 e. The van der Waals surface area contributed by atoms with Crippen LogP contribution in [0.5, 0.6) is 0 Å². The van der Waals surface area contributed by atoms with Crippen molar-refractivity contribution in [1.29, 1.82) is 0 Å². The van der Waals surface area contributed by atoms with Crippen molar-refractivity contribution in [2.45, 2.75) is 66.1 Å². The predicted molar refractivity (Wildman–Crippen MR) is 71.7 cm³/mol. The molecule has 0 radical (unpaired) electrons. The summed E-state index contributed by atoms with van der Waals surface area (Å²) in [6.07, 6.45) is 3.52. The molecular weight excluding hydrogens is 211 g/mol. The van der Waals surface area contributed by atoms with Gasteiger partial charge in [0.15, 0.2) is 0 Å². The van der Waals surface area contributed by atoms with Crippen LogP contribution in [0, 0.1) is 11.3 Å². The lowest BCUT2D eigenvalue weighted by molar-refractivity contribution is 0.00578. The highest BCUT2D eigenvalue weighted by molar-refractivity contribution is 6.55. The Hall–Kier alpha value is -0.275. The number of allylic oxidation sites excluding steroid dienone is 2. The zero-order valence-electron chi connectivity index (χ0n) is 12.3. The molecule has 1 atom stereocenters. The Morgan fingerprint density at radius 2 is 1.53 bits per heavy atom. The Morgan fingerprint density at radius 1 is 1.06 bits per heavy atom. The standard InChI is InChI=1S/C14H25BO2/c1-10-8-11(12(2,3)9-10)15-16-13(4,5)14(6,7)17-15/h8,10H,9H2,1-7H3. The van der Waals surface area contributed by atoms with E-state index in [4.69, 9.17) is 9.31 Å². The van der Waals surface area contributed by atoms with Gasteiger partial charge in [0.1, 0.15) is 0 Å². The van der Waals surface area contributed by atoms with Crippen LogP contribution in [0.2, 0.25) is 0 Å². The van der Waals surface area contributed by atoms with E-state index in [9.17, 15) is 0 Å². The SMILES string of the molecule is CC1C=C(B2OC(C)(C)C(C)(C)O2)C(C)(C)C1. The van der Waals surface area contributed by atoms with Gasteiger partial charge in [0.05, 0.1) is 11.2 Å². The minimum absolute atomic E-state index is 0.167. The lowest BCUT2D eigenvalue weighted by atomic mass is 9.65. The first kappa shape index (κ1) is 13.2. The van der Waals surface area contributed by atoms with E-state index in [2.05, 4.69) is 54.5 Å². The highest BCUT2D eigenvalue weighted by Gasteiger charge is 2.55. The fourth-order valence-corrected chi connectivity index (χ4v) is 2.88. The summed E-state index contributed by atoms with van der Waals surface area (Å²) in [5, 5.41) is 0. The maximum Gasteiger partial charge on any atom is 0.490 e. The van der Waals surface area contributed by atoms with Gasteiger partial charge in [-0.15, -0.1) is 0 Å². The first-order valence-electron chi connectivity index (χ1n) is 6.63. The second-order valence-corrected chi connectivity index (χ2v) is 7.28. The average molecular weight is 236 g/mol. The van der Waals surface area contributed by atoms with E-state index < -0.39 is 0 Å². The summed E-state index contributed by atoms with van der Waals surface area (Å²) in [5.41, 5.74) is 1.05. The van der Waals surface area contributed by atoms with Gasteiger partial charge in [0, 0.05) is 0 Å². The van der Waals surface area contributed by atoms with Crippen molar-refractivity contribution in [3.63, 3.8) is 0 Å². The highest BCUT2D eigenvalue weighted by Crippen LogP contribution is 2.47. The van der Waals surface area contributed by atoms with E-state index in [-0.39, 0.29) is 23.7 Å². The van der Waals surface area contributed by atoms with Gasteiger partial charge in [-0.3, -0.25) is 0 Å². The quantitative estimate of drug-likeness (QED) is 0.647. The molecule has 2 nitrogen and oxygen atoms in total.